The number of allylic oxidation sites excluding steroid dienone is 1. The van der Waals surface area contributed by atoms with Crippen molar-refractivity contribution < 1.29 is 114 Å². The van der Waals surface area contributed by atoms with Crippen LogP contribution in [-0.2, 0) is 42.6 Å². The lowest BCUT2D eigenvalue weighted by molar-refractivity contribution is -0.378. The van der Waals surface area contributed by atoms with Gasteiger partial charge in [0.2, 0.25) is 0 Å². The van der Waals surface area contributed by atoms with E-state index < -0.39 is 172 Å². The zero-order valence-electron chi connectivity index (χ0n) is 45.6. The minimum atomic E-state index is -1.81. The summed E-state index contributed by atoms with van der Waals surface area (Å²) in [6, 6.07) is 0. The fraction of sp³-hybridized carbons (Fsp3) is 0.963. The molecule has 9 aliphatic rings. The number of rotatable bonds is 13. The summed E-state index contributed by atoms with van der Waals surface area (Å²) in [6.07, 6.45) is -24.6. The molecule has 0 spiro atoms. The normalized spacial score (nSPS) is 55.6. The van der Waals surface area contributed by atoms with Crippen molar-refractivity contribution in [3.8, 4) is 0 Å². The second kappa shape index (κ2) is 22.4. The third-order valence-electron chi connectivity index (χ3n) is 21.2. The summed E-state index contributed by atoms with van der Waals surface area (Å²) in [4.78, 5) is 0. The summed E-state index contributed by atoms with van der Waals surface area (Å²) in [6.45, 7) is 15.1. The molecule has 0 aromatic heterocycles. The maximum atomic E-state index is 11.6. The number of aliphatic hydroxyl groups is 14. The van der Waals surface area contributed by atoms with E-state index in [4.69, 9.17) is 42.6 Å². The Kier molecular flexibility index (Phi) is 17.6. The van der Waals surface area contributed by atoms with E-state index in [9.17, 15) is 71.5 Å². The lowest BCUT2D eigenvalue weighted by Crippen LogP contribution is -2.68. The van der Waals surface area contributed by atoms with Gasteiger partial charge in [-0.15, -0.1) is 0 Å². The fourth-order valence-electron chi connectivity index (χ4n) is 16.8. The molecule has 14 N–H and O–H groups in total. The van der Waals surface area contributed by atoms with Crippen molar-refractivity contribution in [2.45, 2.75) is 253 Å². The molecular formula is C54H90O23. The smallest absolute Gasteiger partial charge is 0.187 e. The van der Waals surface area contributed by atoms with Crippen molar-refractivity contribution in [1.29, 1.82) is 0 Å². The third kappa shape index (κ3) is 10.2. The van der Waals surface area contributed by atoms with Crippen LogP contribution in [0.25, 0.3) is 0 Å². The first kappa shape index (κ1) is 60.4. The molecule has 0 unspecified atom stereocenters. The van der Waals surface area contributed by atoms with Gasteiger partial charge in [0.1, 0.15) is 97.7 Å². The number of ether oxygens (including phenoxy) is 9. The Morgan fingerprint density at radius 1 is 0.519 bits per heavy atom. The van der Waals surface area contributed by atoms with E-state index in [0.29, 0.717) is 12.8 Å². The quantitative estimate of drug-likeness (QED) is 0.0688. The predicted molar refractivity (Wildman–Crippen MR) is 264 cm³/mol. The molecule has 9 rings (SSSR count). The molecule has 0 aromatic rings. The van der Waals surface area contributed by atoms with Crippen molar-refractivity contribution >= 4 is 0 Å². The summed E-state index contributed by atoms with van der Waals surface area (Å²) in [7, 11) is 0. The average molecular weight is 1110 g/mol. The molecule has 77 heavy (non-hydrogen) atoms. The van der Waals surface area contributed by atoms with Crippen LogP contribution < -0.4 is 0 Å². The molecule has 23 heteroatoms. The highest BCUT2D eigenvalue weighted by Gasteiger charge is 2.73. The van der Waals surface area contributed by atoms with Crippen molar-refractivity contribution in [1.82, 2.24) is 0 Å². The second-order valence-electron chi connectivity index (χ2n) is 26.0. The van der Waals surface area contributed by atoms with Crippen LogP contribution in [0.1, 0.15) is 107 Å². The van der Waals surface area contributed by atoms with Crippen LogP contribution in [0.3, 0.4) is 0 Å². The Bertz CT molecular complexity index is 2050. The second-order valence-corrected chi connectivity index (χ2v) is 26.0. The summed E-state index contributed by atoms with van der Waals surface area (Å²) in [5.41, 5.74) is -1.21. The molecule has 0 radical (unpaired) electrons. The van der Waals surface area contributed by atoms with Crippen LogP contribution in [0.2, 0.25) is 0 Å². The molecule has 444 valence electrons. The molecule has 4 aliphatic carbocycles. The van der Waals surface area contributed by atoms with E-state index in [0.717, 1.165) is 44.1 Å². The summed E-state index contributed by atoms with van der Waals surface area (Å²) >= 11 is 0. The molecular weight excluding hydrogens is 1020 g/mol. The molecule has 31 atom stereocenters. The van der Waals surface area contributed by atoms with E-state index in [-0.39, 0.29) is 46.0 Å². The standard InChI is InChI=1S/C54H90O23/c1-22(2)15-23-17-54(8,77-48-44(68)40(64)37(61)29(74-48)21-69-46-42(66)38(62)34(58)26(18-55)71-46)24-9-13-53(7)33(24)25(70-23)16-31-51(5)12-11-32(50(3,4)30(51)10-14-52(31,53)6)75-49-45(41(65)36(60)28(20-57)73-49)76-47-43(67)39(63)35(59)27(19-56)72-47/h15,23-49,55-68H,9-14,16-21H2,1-8H3/t23-,24-,25+,26+,27+,28+,29+,30-,31+,32-,33-,34+,35+,36+,37+,38-,39-,40-,41-,42+,43+,44+,45+,46+,47-,48-,49-,51-,52+,53+,54-/m0/s1. The summed E-state index contributed by atoms with van der Waals surface area (Å²) < 4.78 is 56.6. The number of hydrogen-bond acceptors (Lipinski definition) is 23. The molecule has 5 heterocycles. The number of fused-ring (bicyclic) bond motifs is 4. The van der Waals surface area contributed by atoms with Gasteiger partial charge in [-0.25, -0.2) is 0 Å². The lowest BCUT2D eigenvalue weighted by atomic mass is 9.35. The molecule has 9 fully saturated rings. The van der Waals surface area contributed by atoms with E-state index in [1.54, 1.807) is 0 Å². The molecule has 5 aliphatic heterocycles. The Labute approximate surface area is 449 Å². The van der Waals surface area contributed by atoms with Gasteiger partial charge in [-0.1, -0.05) is 46.3 Å². The SMILES string of the molecule is CC(C)=C[C@H]1C[C@](C)(O[C@@H]2O[C@H](CO[C@@H]3O[C@H](CO)[C@@H](O)[C@H](O)[C@H]3O)[C@@H](O)[C@H](O)[C@H]2O)[C@H]2CC[C@]3(C)[C@@H]2[C@@H](C[C@@H]2[C@@]4(C)CC[C@H](O[C@@H]5O[C@H](CO)[C@@H](O)[C@H](O)[C@H]5O[C@@H]5O[C@H](CO)[C@@H](O)[C@H](O)[C@H]5O)C(C)(C)[C@@H]4CC[C@]23C)O1. The van der Waals surface area contributed by atoms with Crippen LogP contribution in [0.15, 0.2) is 11.6 Å². The van der Waals surface area contributed by atoms with Gasteiger partial charge in [0.25, 0.3) is 0 Å². The van der Waals surface area contributed by atoms with E-state index in [1.165, 1.54) is 0 Å². The molecule has 5 saturated heterocycles. The Balaban J connectivity index is 0.951. The van der Waals surface area contributed by atoms with E-state index >= 15 is 0 Å². The zero-order valence-corrected chi connectivity index (χ0v) is 45.6. The Hall–Kier alpha value is -1.18. The largest absolute Gasteiger partial charge is 0.394 e. The first-order chi connectivity index (χ1) is 36.1. The van der Waals surface area contributed by atoms with Crippen molar-refractivity contribution in [2.24, 2.45) is 45.3 Å². The maximum Gasteiger partial charge on any atom is 0.187 e. The van der Waals surface area contributed by atoms with Gasteiger partial charge in [0.05, 0.1) is 50.3 Å². The first-order valence-electron chi connectivity index (χ1n) is 27.9. The highest BCUT2D eigenvalue weighted by Crippen LogP contribution is 2.77. The lowest BCUT2D eigenvalue weighted by Gasteiger charge is -2.71. The molecule has 4 saturated carbocycles. The Morgan fingerprint density at radius 3 is 1.64 bits per heavy atom. The molecule has 0 amide bonds. The van der Waals surface area contributed by atoms with Gasteiger partial charge in [-0.05, 0) is 111 Å². The summed E-state index contributed by atoms with van der Waals surface area (Å²) in [5, 5.41) is 149. The van der Waals surface area contributed by atoms with Gasteiger partial charge < -0.3 is 114 Å². The highest BCUT2D eigenvalue weighted by molar-refractivity contribution is 5.22. The number of aliphatic hydroxyl groups excluding tert-OH is 14. The molecule has 0 aromatic carbocycles. The monoisotopic (exact) mass is 1110 g/mol. The van der Waals surface area contributed by atoms with Gasteiger partial charge in [-0.2, -0.15) is 0 Å². The third-order valence-corrected chi connectivity index (χ3v) is 21.2. The van der Waals surface area contributed by atoms with Crippen LogP contribution >= 0.6 is 0 Å². The van der Waals surface area contributed by atoms with Crippen LogP contribution in [0, 0.1) is 45.3 Å². The van der Waals surface area contributed by atoms with E-state index in [2.05, 4.69) is 40.7 Å². The van der Waals surface area contributed by atoms with Crippen molar-refractivity contribution in [2.75, 3.05) is 26.4 Å². The summed E-state index contributed by atoms with van der Waals surface area (Å²) in [5.74, 6) is 0.152. The van der Waals surface area contributed by atoms with Crippen LogP contribution in [0.4, 0.5) is 0 Å². The number of hydrogen-bond donors (Lipinski definition) is 14. The zero-order chi connectivity index (χ0) is 56.2. The first-order valence-corrected chi connectivity index (χ1v) is 27.9. The van der Waals surface area contributed by atoms with Gasteiger partial charge >= 0.3 is 0 Å². The topological polar surface area (TPSA) is 366 Å². The van der Waals surface area contributed by atoms with Crippen LogP contribution in [0.5, 0.6) is 0 Å². The molecule has 23 nitrogen and oxygen atoms in total. The van der Waals surface area contributed by atoms with Gasteiger partial charge in [0.15, 0.2) is 25.2 Å². The van der Waals surface area contributed by atoms with Gasteiger partial charge in [0, 0.05) is 6.42 Å². The fourth-order valence-corrected chi connectivity index (χ4v) is 16.8. The highest BCUT2D eigenvalue weighted by atomic mass is 16.8. The van der Waals surface area contributed by atoms with Crippen molar-refractivity contribution in [3.05, 3.63) is 11.6 Å². The minimum absolute atomic E-state index is 0.0102. The van der Waals surface area contributed by atoms with Crippen LogP contribution in [-0.4, -0.2) is 245 Å². The Morgan fingerprint density at radius 2 is 1.04 bits per heavy atom. The van der Waals surface area contributed by atoms with E-state index in [1.807, 2.05) is 20.8 Å². The van der Waals surface area contributed by atoms with Gasteiger partial charge in [-0.3, -0.25) is 0 Å². The maximum absolute atomic E-state index is 11.6. The minimum Gasteiger partial charge on any atom is -0.394 e. The molecule has 0 bridgehead atoms. The average Bonchev–Trinajstić information content (AvgIpc) is 3.82. The van der Waals surface area contributed by atoms with Crippen molar-refractivity contribution in [3.63, 3.8) is 0 Å². The predicted octanol–water partition coefficient (Wildman–Crippen LogP) is -2.19.